The first-order valence-electron chi connectivity index (χ1n) is 7.23. The van der Waals surface area contributed by atoms with Gasteiger partial charge in [0.1, 0.15) is 0 Å². The second kappa shape index (κ2) is 15.2. The molecule has 0 aromatic carbocycles. The van der Waals surface area contributed by atoms with Gasteiger partial charge >= 0.3 is 0 Å². The summed E-state index contributed by atoms with van der Waals surface area (Å²) in [6.07, 6.45) is 0. The fourth-order valence-electron chi connectivity index (χ4n) is 1.26. The topological polar surface area (TPSA) is 43.4 Å². The normalized spacial score (nSPS) is 11.7. The Balaban J connectivity index is 2.96. The summed E-state index contributed by atoms with van der Waals surface area (Å²) >= 11 is 0. The third kappa shape index (κ3) is 17.8. The van der Waals surface area contributed by atoms with Crippen LogP contribution in [0.25, 0.3) is 0 Å². The maximum absolute atomic E-state index is 5.40. The van der Waals surface area contributed by atoms with E-state index < -0.39 is 0 Å². The molecule has 0 N–H and O–H groups in total. The van der Waals surface area contributed by atoms with Gasteiger partial charge in [0.2, 0.25) is 0 Å². The monoisotopic (exact) mass is 292 g/mol. The summed E-state index contributed by atoms with van der Waals surface area (Å²) in [5.41, 5.74) is 0. The van der Waals surface area contributed by atoms with Gasteiger partial charge in [-0.05, 0) is 28.2 Å². The molecule has 0 spiro atoms. The van der Waals surface area contributed by atoms with Gasteiger partial charge in [0.05, 0.1) is 52.9 Å². The molecule has 122 valence electrons. The average molecular weight is 292 g/mol. The Morgan fingerprint density at radius 2 is 0.700 bits per heavy atom. The molecule has 0 saturated heterocycles. The number of nitrogens with zero attached hydrogens (tertiary/aromatic N) is 2. The highest BCUT2D eigenvalue weighted by molar-refractivity contribution is 4.41. The number of ether oxygens (including phenoxy) is 4. The van der Waals surface area contributed by atoms with E-state index in [4.69, 9.17) is 18.9 Å². The molecule has 0 aromatic rings. The third-order valence-electron chi connectivity index (χ3n) is 2.48. The summed E-state index contributed by atoms with van der Waals surface area (Å²) in [4.78, 5) is 4.19. The smallest absolute Gasteiger partial charge is 0.0701 e. The SMILES string of the molecule is CN(C)CCOCCOCCOCCOCCN(C)C. The Labute approximate surface area is 123 Å². The first kappa shape index (κ1) is 19.8. The van der Waals surface area contributed by atoms with Crippen molar-refractivity contribution in [2.24, 2.45) is 0 Å². The predicted octanol–water partition coefficient (Wildman–Crippen LogP) is 0.176. The Morgan fingerprint density at radius 3 is 0.950 bits per heavy atom. The van der Waals surface area contributed by atoms with E-state index in [2.05, 4.69) is 9.80 Å². The van der Waals surface area contributed by atoms with Gasteiger partial charge in [-0.2, -0.15) is 0 Å². The van der Waals surface area contributed by atoms with E-state index in [1.165, 1.54) is 0 Å². The molecule has 20 heavy (non-hydrogen) atoms. The zero-order chi connectivity index (χ0) is 15.1. The lowest BCUT2D eigenvalue weighted by Crippen LogP contribution is -2.20. The van der Waals surface area contributed by atoms with Crippen molar-refractivity contribution in [3.05, 3.63) is 0 Å². The predicted molar refractivity (Wildman–Crippen MR) is 80.4 cm³/mol. The molecule has 0 aromatic heterocycles. The molecule has 0 bridgehead atoms. The third-order valence-corrected chi connectivity index (χ3v) is 2.48. The van der Waals surface area contributed by atoms with Gasteiger partial charge in [-0.25, -0.2) is 0 Å². The molecule has 0 rings (SSSR count). The van der Waals surface area contributed by atoms with Gasteiger partial charge in [0.25, 0.3) is 0 Å². The maximum Gasteiger partial charge on any atom is 0.0701 e. The quantitative estimate of drug-likeness (QED) is 0.401. The molecular formula is C14H32N2O4. The number of hydrogen-bond acceptors (Lipinski definition) is 6. The van der Waals surface area contributed by atoms with Crippen LogP contribution in [0.5, 0.6) is 0 Å². The van der Waals surface area contributed by atoms with Gasteiger partial charge in [0.15, 0.2) is 0 Å². The van der Waals surface area contributed by atoms with Crippen molar-refractivity contribution >= 4 is 0 Å². The molecule has 0 aliphatic heterocycles. The van der Waals surface area contributed by atoms with Crippen LogP contribution in [0.2, 0.25) is 0 Å². The summed E-state index contributed by atoms with van der Waals surface area (Å²) in [6.45, 7) is 7.11. The minimum absolute atomic E-state index is 0.606. The van der Waals surface area contributed by atoms with Crippen LogP contribution in [0, 0.1) is 0 Å². The van der Waals surface area contributed by atoms with Gasteiger partial charge < -0.3 is 28.7 Å². The number of likely N-dealkylation sites (N-methyl/N-ethyl adjacent to an activating group) is 2. The van der Waals surface area contributed by atoms with Crippen LogP contribution in [0.3, 0.4) is 0 Å². The van der Waals surface area contributed by atoms with Crippen molar-refractivity contribution in [2.75, 3.05) is 94.1 Å². The van der Waals surface area contributed by atoms with Crippen LogP contribution in [0.15, 0.2) is 0 Å². The fourth-order valence-corrected chi connectivity index (χ4v) is 1.26. The van der Waals surface area contributed by atoms with Crippen LogP contribution in [-0.2, 0) is 18.9 Å². The lowest BCUT2D eigenvalue weighted by molar-refractivity contribution is -0.00398. The van der Waals surface area contributed by atoms with E-state index in [1.54, 1.807) is 0 Å². The maximum atomic E-state index is 5.40. The molecule has 0 unspecified atom stereocenters. The van der Waals surface area contributed by atoms with Gasteiger partial charge in [-0.15, -0.1) is 0 Å². The van der Waals surface area contributed by atoms with E-state index in [1.807, 2.05) is 28.2 Å². The molecule has 0 aliphatic carbocycles. The van der Waals surface area contributed by atoms with E-state index in [0.29, 0.717) is 39.6 Å². The van der Waals surface area contributed by atoms with Gasteiger partial charge in [-0.3, -0.25) is 0 Å². The molecule has 0 heterocycles. The van der Waals surface area contributed by atoms with Gasteiger partial charge in [-0.1, -0.05) is 0 Å². The summed E-state index contributed by atoms with van der Waals surface area (Å²) in [5, 5.41) is 0. The lowest BCUT2D eigenvalue weighted by atomic mass is 10.6. The Bertz CT molecular complexity index is 172. The minimum atomic E-state index is 0.606. The summed E-state index contributed by atoms with van der Waals surface area (Å²) in [7, 11) is 8.12. The van der Waals surface area contributed by atoms with Crippen molar-refractivity contribution in [3.63, 3.8) is 0 Å². The molecule has 6 heteroatoms. The van der Waals surface area contributed by atoms with E-state index in [-0.39, 0.29) is 0 Å². The van der Waals surface area contributed by atoms with Gasteiger partial charge in [0, 0.05) is 13.1 Å². The van der Waals surface area contributed by atoms with Crippen LogP contribution >= 0.6 is 0 Å². The molecule has 0 radical (unpaired) electrons. The zero-order valence-corrected chi connectivity index (χ0v) is 13.6. The Kier molecular flexibility index (Phi) is 15.0. The minimum Gasteiger partial charge on any atom is -0.378 e. The first-order valence-corrected chi connectivity index (χ1v) is 7.23. The van der Waals surface area contributed by atoms with Crippen molar-refractivity contribution in [3.8, 4) is 0 Å². The lowest BCUT2D eigenvalue weighted by Gasteiger charge is -2.11. The molecule has 0 atom stereocenters. The molecule has 6 nitrogen and oxygen atoms in total. The highest BCUT2D eigenvalue weighted by atomic mass is 16.6. The van der Waals surface area contributed by atoms with Crippen LogP contribution in [-0.4, -0.2) is 104 Å². The summed E-state index contributed by atoms with van der Waals surface area (Å²) in [5.74, 6) is 0. The summed E-state index contributed by atoms with van der Waals surface area (Å²) in [6, 6.07) is 0. The van der Waals surface area contributed by atoms with Crippen molar-refractivity contribution in [1.82, 2.24) is 9.80 Å². The van der Waals surface area contributed by atoms with Crippen molar-refractivity contribution in [2.45, 2.75) is 0 Å². The second-order valence-electron chi connectivity index (χ2n) is 5.06. The van der Waals surface area contributed by atoms with E-state index in [0.717, 1.165) is 26.3 Å². The highest BCUT2D eigenvalue weighted by Gasteiger charge is 1.94. The fraction of sp³-hybridized carbons (Fsp3) is 1.00. The van der Waals surface area contributed by atoms with E-state index in [9.17, 15) is 0 Å². The van der Waals surface area contributed by atoms with E-state index >= 15 is 0 Å². The average Bonchev–Trinajstić information content (AvgIpc) is 2.38. The van der Waals surface area contributed by atoms with Crippen LogP contribution in [0.4, 0.5) is 0 Å². The molecule has 0 saturated carbocycles. The number of hydrogen-bond donors (Lipinski definition) is 0. The standard InChI is InChI=1S/C14H32N2O4/c1-15(2)5-7-17-9-11-19-13-14-20-12-10-18-8-6-16(3)4/h5-14H2,1-4H3. The van der Waals surface area contributed by atoms with Crippen LogP contribution < -0.4 is 0 Å². The molecular weight excluding hydrogens is 260 g/mol. The second-order valence-corrected chi connectivity index (χ2v) is 5.06. The highest BCUT2D eigenvalue weighted by Crippen LogP contribution is 1.84. The Hall–Kier alpha value is -0.240. The molecule has 0 fully saturated rings. The van der Waals surface area contributed by atoms with Crippen molar-refractivity contribution < 1.29 is 18.9 Å². The molecule has 0 amide bonds. The van der Waals surface area contributed by atoms with Crippen LogP contribution in [0.1, 0.15) is 0 Å². The van der Waals surface area contributed by atoms with Crippen molar-refractivity contribution in [1.29, 1.82) is 0 Å². The largest absolute Gasteiger partial charge is 0.378 e. The summed E-state index contributed by atoms with van der Waals surface area (Å²) < 4.78 is 21.6. The first-order chi connectivity index (χ1) is 9.63. The Morgan fingerprint density at radius 1 is 0.450 bits per heavy atom. The number of rotatable bonds is 15. The molecule has 0 aliphatic rings. The zero-order valence-electron chi connectivity index (χ0n) is 13.6.